The van der Waals surface area contributed by atoms with E-state index in [1.165, 1.54) is 6.92 Å². The van der Waals surface area contributed by atoms with Crippen molar-refractivity contribution in [1.29, 1.82) is 10.5 Å². The molecule has 1 heterocycles. The molecule has 0 saturated carbocycles. The van der Waals surface area contributed by atoms with Gasteiger partial charge >= 0.3 is 0 Å². The molecule has 6 nitrogen and oxygen atoms in total. The Morgan fingerprint density at radius 1 is 1.35 bits per heavy atom. The van der Waals surface area contributed by atoms with Gasteiger partial charge in [0, 0.05) is 5.39 Å². The van der Waals surface area contributed by atoms with Gasteiger partial charge in [-0.05, 0) is 19.1 Å². The van der Waals surface area contributed by atoms with Gasteiger partial charge in [-0.3, -0.25) is 4.79 Å². The number of furan rings is 1. The Morgan fingerprint density at radius 2 is 2.05 bits per heavy atom. The van der Waals surface area contributed by atoms with E-state index in [9.17, 15) is 9.90 Å². The lowest BCUT2D eigenvalue weighted by Crippen LogP contribution is -2.15. The fraction of sp³-hybridized carbons (Fsp3) is 0.0714. The summed E-state index contributed by atoms with van der Waals surface area (Å²) in [5.41, 5.74) is 0.212. The highest BCUT2D eigenvalue weighted by Crippen LogP contribution is 2.30. The van der Waals surface area contributed by atoms with Gasteiger partial charge in [0.15, 0.2) is 5.57 Å². The molecular formula is C14H9N3O3. The highest BCUT2D eigenvalue weighted by molar-refractivity contribution is 6.11. The van der Waals surface area contributed by atoms with Gasteiger partial charge in [-0.1, -0.05) is 12.1 Å². The number of carbonyl (C=O) groups is 1. The molecule has 0 radical (unpaired) electrons. The number of amides is 1. The van der Waals surface area contributed by atoms with Crippen LogP contribution in [-0.2, 0) is 4.79 Å². The number of nitrogens with one attached hydrogen (secondary N) is 1. The first-order valence-corrected chi connectivity index (χ1v) is 5.61. The first-order valence-electron chi connectivity index (χ1n) is 5.61. The molecule has 0 aliphatic heterocycles. The van der Waals surface area contributed by atoms with Crippen LogP contribution in [-0.4, -0.2) is 11.0 Å². The number of carbonyl (C=O) groups excluding carboxylic acids is 1. The number of nitrogens with zero attached hydrogens (tertiary/aromatic N) is 2. The fourth-order valence-electron chi connectivity index (χ4n) is 1.72. The molecule has 0 aliphatic carbocycles. The number of aliphatic hydroxyl groups excluding tert-OH is 1. The molecule has 20 heavy (non-hydrogen) atoms. The molecule has 2 rings (SSSR count). The largest absolute Gasteiger partial charge is 0.511 e. The monoisotopic (exact) mass is 267 g/mol. The van der Waals surface area contributed by atoms with Crippen LogP contribution in [0.1, 0.15) is 12.7 Å². The number of anilines is 1. The van der Waals surface area contributed by atoms with Crippen LogP contribution in [0.25, 0.3) is 11.0 Å². The van der Waals surface area contributed by atoms with E-state index >= 15 is 0 Å². The molecule has 2 aromatic rings. The van der Waals surface area contributed by atoms with Crippen molar-refractivity contribution in [2.75, 3.05) is 5.32 Å². The Bertz CT molecular complexity index is 799. The second-order valence-corrected chi connectivity index (χ2v) is 3.94. The van der Waals surface area contributed by atoms with Crippen LogP contribution < -0.4 is 5.32 Å². The van der Waals surface area contributed by atoms with Crippen molar-refractivity contribution in [3.63, 3.8) is 0 Å². The molecule has 2 N–H and O–H groups in total. The zero-order valence-corrected chi connectivity index (χ0v) is 10.5. The second kappa shape index (κ2) is 5.17. The zero-order valence-electron chi connectivity index (χ0n) is 10.5. The minimum atomic E-state index is -0.796. The molecule has 0 unspecified atom stereocenters. The quantitative estimate of drug-likeness (QED) is 0.493. The maximum atomic E-state index is 11.9. The minimum absolute atomic E-state index is 0.0626. The van der Waals surface area contributed by atoms with E-state index in [0.717, 1.165) is 0 Å². The number of aliphatic hydroxyl groups is 1. The van der Waals surface area contributed by atoms with Gasteiger partial charge in [0.25, 0.3) is 5.91 Å². The first-order chi connectivity index (χ1) is 9.58. The van der Waals surface area contributed by atoms with Gasteiger partial charge < -0.3 is 14.8 Å². The van der Waals surface area contributed by atoms with Crippen LogP contribution in [0.2, 0.25) is 0 Å². The first kappa shape index (κ1) is 13.2. The Balaban J connectivity index is 2.50. The lowest BCUT2D eigenvalue weighted by atomic mass is 10.2. The maximum Gasteiger partial charge on any atom is 0.269 e. The molecule has 1 aromatic carbocycles. The Labute approximate surface area is 114 Å². The Morgan fingerprint density at radius 3 is 2.65 bits per heavy atom. The summed E-state index contributed by atoms with van der Waals surface area (Å²) in [5.74, 6) is -1.25. The van der Waals surface area contributed by atoms with Crippen molar-refractivity contribution in [3.05, 3.63) is 41.4 Å². The van der Waals surface area contributed by atoms with Crippen LogP contribution in [0.4, 0.5) is 5.69 Å². The van der Waals surface area contributed by atoms with E-state index in [2.05, 4.69) is 5.32 Å². The summed E-state index contributed by atoms with van der Waals surface area (Å²) in [6.07, 6.45) is 0. The zero-order chi connectivity index (χ0) is 14.7. The van der Waals surface area contributed by atoms with Crippen molar-refractivity contribution in [2.24, 2.45) is 0 Å². The number of para-hydroxylation sites is 1. The molecule has 0 saturated heterocycles. The summed E-state index contributed by atoms with van der Waals surface area (Å²) in [6, 6.07) is 10.2. The molecule has 0 bridgehead atoms. The van der Waals surface area contributed by atoms with Crippen molar-refractivity contribution in [2.45, 2.75) is 6.92 Å². The third-order valence-electron chi connectivity index (χ3n) is 2.64. The number of fused-ring (bicyclic) bond motifs is 1. The molecule has 0 atom stereocenters. The van der Waals surface area contributed by atoms with Crippen LogP contribution in [0.3, 0.4) is 0 Å². The normalized spacial score (nSPS) is 11.3. The average Bonchev–Trinajstić information content (AvgIpc) is 2.77. The van der Waals surface area contributed by atoms with Gasteiger partial charge in [0.05, 0.1) is 0 Å². The third-order valence-corrected chi connectivity index (χ3v) is 2.64. The van der Waals surface area contributed by atoms with Crippen molar-refractivity contribution in [3.8, 4) is 12.1 Å². The van der Waals surface area contributed by atoms with E-state index in [1.807, 2.05) is 6.07 Å². The summed E-state index contributed by atoms with van der Waals surface area (Å²) in [6.45, 7) is 1.23. The predicted molar refractivity (Wildman–Crippen MR) is 70.5 cm³/mol. The average molecular weight is 267 g/mol. The predicted octanol–water partition coefficient (Wildman–Crippen LogP) is 2.60. The number of benzene rings is 1. The molecule has 1 aromatic heterocycles. The molecule has 1 amide bonds. The van der Waals surface area contributed by atoms with Gasteiger partial charge in [0.2, 0.25) is 5.76 Å². The standard InChI is InChI=1S/C14H9N3O3/c1-8(18)10(6-15)14(19)17-13-9-4-2-3-5-11(9)20-12(13)7-16/h2-5,18H,1H3,(H,17,19)/b10-8+. The third kappa shape index (κ3) is 2.18. The highest BCUT2D eigenvalue weighted by Gasteiger charge is 2.19. The number of nitriles is 2. The Kier molecular flexibility index (Phi) is 3.41. The maximum absolute atomic E-state index is 11.9. The van der Waals surface area contributed by atoms with Crippen molar-refractivity contribution >= 4 is 22.6 Å². The van der Waals surface area contributed by atoms with Gasteiger partial charge in [-0.25, -0.2) is 0 Å². The highest BCUT2D eigenvalue weighted by atomic mass is 16.3. The van der Waals surface area contributed by atoms with Crippen molar-refractivity contribution in [1.82, 2.24) is 0 Å². The number of hydrogen-bond donors (Lipinski definition) is 2. The summed E-state index contributed by atoms with van der Waals surface area (Å²) in [7, 11) is 0. The minimum Gasteiger partial charge on any atom is -0.511 e. The molecule has 0 fully saturated rings. The molecule has 0 aliphatic rings. The van der Waals surface area contributed by atoms with Gasteiger partial charge in [-0.15, -0.1) is 0 Å². The number of hydrogen-bond acceptors (Lipinski definition) is 5. The number of allylic oxidation sites excluding steroid dienone is 1. The second-order valence-electron chi connectivity index (χ2n) is 3.94. The summed E-state index contributed by atoms with van der Waals surface area (Å²) in [4.78, 5) is 11.9. The fourth-order valence-corrected chi connectivity index (χ4v) is 1.72. The van der Waals surface area contributed by atoms with Crippen molar-refractivity contribution < 1.29 is 14.3 Å². The van der Waals surface area contributed by atoms with Crippen LogP contribution in [0.15, 0.2) is 40.0 Å². The van der Waals surface area contributed by atoms with Gasteiger partial charge in [-0.2, -0.15) is 10.5 Å². The summed E-state index contributed by atoms with van der Waals surface area (Å²) >= 11 is 0. The van der Waals surface area contributed by atoms with E-state index in [1.54, 1.807) is 30.3 Å². The van der Waals surface area contributed by atoms with E-state index in [0.29, 0.717) is 11.0 Å². The molecule has 6 heteroatoms. The number of rotatable bonds is 2. The van der Waals surface area contributed by atoms with E-state index in [4.69, 9.17) is 14.9 Å². The van der Waals surface area contributed by atoms with Crippen LogP contribution >= 0.6 is 0 Å². The lowest BCUT2D eigenvalue weighted by Gasteiger charge is -2.03. The van der Waals surface area contributed by atoms with Crippen LogP contribution in [0.5, 0.6) is 0 Å². The van der Waals surface area contributed by atoms with Crippen LogP contribution in [0, 0.1) is 22.7 Å². The summed E-state index contributed by atoms with van der Waals surface area (Å²) in [5, 5.41) is 30.1. The van der Waals surface area contributed by atoms with E-state index < -0.39 is 17.2 Å². The van der Waals surface area contributed by atoms with Gasteiger partial charge in [0.1, 0.15) is 29.2 Å². The van der Waals surface area contributed by atoms with E-state index in [-0.39, 0.29) is 11.4 Å². The topological polar surface area (TPSA) is 110 Å². The molecule has 98 valence electrons. The molecule has 0 spiro atoms. The summed E-state index contributed by atoms with van der Waals surface area (Å²) < 4.78 is 5.29. The lowest BCUT2D eigenvalue weighted by molar-refractivity contribution is -0.112. The molecular weight excluding hydrogens is 258 g/mol. The smallest absolute Gasteiger partial charge is 0.269 e. The Hall–Kier alpha value is -3.25. The SMILES string of the molecule is C/C(O)=C(/C#N)C(=O)Nc1c(C#N)oc2ccccc12.